The maximum atomic E-state index is 11.3. The van der Waals surface area contributed by atoms with E-state index in [2.05, 4.69) is 24.4 Å². The van der Waals surface area contributed by atoms with Crippen molar-refractivity contribution in [3.63, 3.8) is 0 Å². The number of ether oxygens (including phenoxy) is 2. The van der Waals surface area contributed by atoms with Gasteiger partial charge in [-0.3, -0.25) is 0 Å². The molecule has 5 nitrogen and oxygen atoms in total. The zero-order valence-electron chi connectivity index (χ0n) is 18.6. The molecule has 2 aromatic carbocycles. The molecular formula is C25H31NO4. The van der Waals surface area contributed by atoms with E-state index in [9.17, 15) is 9.90 Å². The van der Waals surface area contributed by atoms with Crippen LogP contribution in [0.4, 0.5) is 5.69 Å². The summed E-state index contributed by atoms with van der Waals surface area (Å²) in [6.45, 7) is 8.35. The standard InChI is InChI=1S/C25H31NO4/c1-7-8-9-14-26-20-12-10-19(11-13-20)22-18(4)23(29-5)21(15-16(2)25(27)28)17(3)24(22)30-6/h8-13,15,26H,7,14H2,1-6H3,(H,27,28)/b9-8+,16-15+. The molecule has 0 aliphatic rings. The van der Waals surface area contributed by atoms with Crippen LogP contribution in [0.15, 0.2) is 42.0 Å². The second-order valence-corrected chi connectivity index (χ2v) is 7.08. The summed E-state index contributed by atoms with van der Waals surface area (Å²) in [7, 11) is 3.23. The normalized spacial score (nSPS) is 11.6. The zero-order chi connectivity index (χ0) is 22.3. The van der Waals surface area contributed by atoms with E-state index < -0.39 is 5.97 Å². The van der Waals surface area contributed by atoms with E-state index >= 15 is 0 Å². The molecule has 0 amide bonds. The lowest BCUT2D eigenvalue weighted by Crippen LogP contribution is -2.03. The van der Waals surface area contributed by atoms with Gasteiger partial charge in [0.2, 0.25) is 0 Å². The zero-order valence-corrected chi connectivity index (χ0v) is 18.6. The number of anilines is 1. The van der Waals surface area contributed by atoms with Crippen LogP contribution in [-0.2, 0) is 4.79 Å². The van der Waals surface area contributed by atoms with Crippen LogP contribution in [0.25, 0.3) is 17.2 Å². The largest absolute Gasteiger partial charge is 0.496 e. The lowest BCUT2D eigenvalue weighted by atomic mass is 9.91. The molecule has 0 fully saturated rings. The third-order valence-electron chi connectivity index (χ3n) is 5.04. The van der Waals surface area contributed by atoms with Gasteiger partial charge in [-0.05, 0) is 51.0 Å². The van der Waals surface area contributed by atoms with Crippen molar-refractivity contribution < 1.29 is 19.4 Å². The predicted octanol–water partition coefficient (Wildman–Crippen LogP) is 5.85. The number of carboxylic acids is 1. The molecule has 2 N–H and O–H groups in total. The van der Waals surface area contributed by atoms with Gasteiger partial charge in [0.1, 0.15) is 11.5 Å². The minimum Gasteiger partial charge on any atom is -0.496 e. The van der Waals surface area contributed by atoms with Crippen LogP contribution in [0, 0.1) is 13.8 Å². The Kier molecular flexibility index (Phi) is 8.10. The molecule has 0 atom stereocenters. The minimum absolute atomic E-state index is 0.234. The average Bonchev–Trinajstić information content (AvgIpc) is 2.74. The fourth-order valence-electron chi connectivity index (χ4n) is 3.47. The van der Waals surface area contributed by atoms with Gasteiger partial charge >= 0.3 is 5.97 Å². The number of nitrogens with one attached hydrogen (secondary N) is 1. The summed E-state index contributed by atoms with van der Waals surface area (Å²) >= 11 is 0. The summed E-state index contributed by atoms with van der Waals surface area (Å²) in [5, 5.41) is 12.7. The molecule has 0 radical (unpaired) electrons. The molecule has 5 heteroatoms. The molecule has 30 heavy (non-hydrogen) atoms. The van der Waals surface area contributed by atoms with Gasteiger partial charge in [0.05, 0.1) is 14.2 Å². The molecule has 0 bridgehead atoms. The molecule has 0 saturated carbocycles. The first-order valence-corrected chi connectivity index (χ1v) is 10.0. The average molecular weight is 410 g/mol. The summed E-state index contributed by atoms with van der Waals surface area (Å²) in [4.78, 5) is 11.3. The smallest absolute Gasteiger partial charge is 0.331 e. The molecular weight excluding hydrogens is 378 g/mol. The highest BCUT2D eigenvalue weighted by atomic mass is 16.5. The predicted molar refractivity (Wildman–Crippen MR) is 124 cm³/mol. The third kappa shape index (κ3) is 5.03. The van der Waals surface area contributed by atoms with E-state index in [1.54, 1.807) is 27.2 Å². The number of carbonyl (C=O) groups is 1. The fourth-order valence-corrected chi connectivity index (χ4v) is 3.47. The van der Waals surface area contributed by atoms with Gasteiger partial charge in [-0.1, -0.05) is 31.2 Å². The van der Waals surface area contributed by atoms with Crippen LogP contribution in [0.3, 0.4) is 0 Å². The molecule has 0 spiro atoms. The van der Waals surface area contributed by atoms with Gasteiger partial charge in [-0.2, -0.15) is 0 Å². The van der Waals surface area contributed by atoms with E-state index in [-0.39, 0.29) is 5.57 Å². The van der Waals surface area contributed by atoms with Gasteiger partial charge < -0.3 is 19.9 Å². The molecule has 2 rings (SSSR count). The molecule has 160 valence electrons. The monoisotopic (exact) mass is 409 g/mol. The van der Waals surface area contributed by atoms with Crippen molar-refractivity contribution in [3.8, 4) is 22.6 Å². The summed E-state index contributed by atoms with van der Waals surface area (Å²) < 4.78 is 11.4. The molecule has 0 heterocycles. The van der Waals surface area contributed by atoms with Gasteiger partial charge in [-0.15, -0.1) is 0 Å². The van der Waals surface area contributed by atoms with Crippen LogP contribution in [0.5, 0.6) is 11.5 Å². The lowest BCUT2D eigenvalue weighted by molar-refractivity contribution is -0.132. The van der Waals surface area contributed by atoms with Crippen LogP contribution < -0.4 is 14.8 Å². The molecule has 0 unspecified atom stereocenters. The van der Waals surface area contributed by atoms with E-state index in [4.69, 9.17) is 9.47 Å². The minimum atomic E-state index is -0.964. The first-order chi connectivity index (χ1) is 14.3. The van der Waals surface area contributed by atoms with Gasteiger partial charge in [0.25, 0.3) is 0 Å². The Labute approximate surface area is 179 Å². The van der Waals surface area contributed by atoms with Crippen molar-refractivity contribution >= 4 is 17.7 Å². The molecule has 0 aliphatic heterocycles. The van der Waals surface area contributed by atoms with Crippen LogP contribution >= 0.6 is 0 Å². The Balaban J connectivity index is 2.55. The molecule has 0 aromatic heterocycles. The summed E-state index contributed by atoms with van der Waals surface area (Å²) in [6.07, 6.45) is 6.90. The molecule has 2 aromatic rings. The highest BCUT2D eigenvalue weighted by Crippen LogP contribution is 2.44. The number of carboxylic acid groups (broad SMARTS) is 1. The quantitative estimate of drug-likeness (QED) is 0.401. The highest BCUT2D eigenvalue weighted by molar-refractivity contribution is 5.93. The van der Waals surface area contributed by atoms with Crippen molar-refractivity contribution in [2.75, 3.05) is 26.1 Å². The Bertz CT molecular complexity index is 956. The van der Waals surface area contributed by atoms with Gasteiger partial charge in [0, 0.05) is 40.1 Å². The first-order valence-electron chi connectivity index (χ1n) is 10.0. The van der Waals surface area contributed by atoms with Crippen LogP contribution in [0.1, 0.15) is 37.0 Å². The molecule has 0 aliphatic carbocycles. The van der Waals surface area contributed by atoms with Crippen molar-refractivity contribution in [2.24, 2.45) is 0 Å². The Hall–Kier alpha value is -3.21. The Morgan fingerprint density at radius 3 is 2.20 bits per heavy atom. The second kappa shape index (κ2) is 10.5. The van der Waals surface area contributed by atoms with Gasteiger partial charge in [0.15, 0.2) is 0 Å². The Morgan fingerprint density at radius 2 is 1.67 bits per heavy atom. The second-order valence-electron chi connectivity index (χ2n) is 7.08. The fraction of sp³-hybridized carbons (Fsp3) is 0.320. The Morgan fingerprint density at radius 1 is 1.03 bits per heavy atom. The topological polar surface area (TPSA) is 67.8 Å². The highest BCUT2D eigenvalue weighted by Gasteiger charge is 2.21. The van der Waals surface area contributed by atoms with Crippen molar-refractivity contribution in [3.05, 3.63) is 58.7 Å². The number of allylic oxidation sites excluding steroid dienone is 1. The summed E-state index contributed by atoms with van der Waals surface area (Å²) in [5.41, 5.74) is 5.67. The van der Waals surface area contributed by atoms with E-state index in [0.717, 1.165) is 46.5 Å². The number of hydrogen-bond acceptors (Lipinski definition) is 4. The summed E-state index contributed by atoms with van der Waals surface area (Å²) in [6, 6.07) is 8.18. The first kappa shape index (κ1) is 23.1. The van der Waals surface area contributed by atoms with Gasteiger partial charge in [-0.25, -0.2) is 4.79 Å². The third-order valence-corrected chi connectivity index (χ3v) is 5.04. The maximum absolute atomic E-state index is 11.3. The number of hydrogen-bond donors (Lipinski definition) is 2. The maximum Gasteiger partial charge on any atom is 0.331 e. The van der Waals surface area contributed by atoms with E-state index in [0.29, 0.717) is 11.5 Å². The number of methoxy groups -OCH3 is 2. The van der Waals surface area contributed by atoms with Crippen LogP contribution in [-0.4, -0.2) is 31.8 Å². The number of benzene rings is 2. The van der Waals surface area contributed by atoms with E-state index in [1.165, 1.54) is 0 Å². The van der Waals surface area contributed by atoms with E-state index in [1.807, 2.05) is 38.1 Å². The summed E-state index contributed by atoms with van der Waals surface area (Å²) in [5.74, 6) is 0.397. The van der Waals surface area contributed by atoms with Crippen LogP contribution in [0.2, 0.25) is 0 Å². The SMILES string of the molecule is CC/C=C/CNc1ccc(-c2c(C)c(OC)c(/C=C(\C)C(=O)O)c(C)c2OC)cc1. The lowest BCUT2D eigenvalue weighted by Gasteiger charge is -2.21. The van der Waals surface area contributed by atoms with Crippen molar-refractivity contribution in [2.45, 2.75) is 34.1 Å². The van der Waals surface area contributed by atoms with Crippen molar-refractivity contribution in [1.29, 1.82) is 0 Å². The van der Waals surface area contributed by atoms with Crippen molar-refractivity contribution in [1.82, 2.24) is 0 Å². The number of rotatable bonds is 9. The molecule has 0 saturated heterocycles. The number of aliphatic carboxylic acids is 1.